The van der Waals surface area contributed by atoms with Gasteiger partial charge in [-0.25, -0.2) is 4.79 Å². The number of hydrogen-bond donors (Lipinski definition) is 2. The molecule has 2 aromatic rings. The molecule has 0 bridgehead atoms. The van der Waals surface area contributed by atoms with Crippen molar-refractivity contribution in [3.05, 3.63) is 53.0 Å². The number of benzene rings is 1. The topological polar surface area (TPSA) is 88.3 Å². The summed E-state index contributed by atoms with van der Waals surface area (Å²) in [6, 6.07) is 10.1. The van der Waals surface area contributed by atoms with Crippen molar-refractivity contribution < 1.29 is 18.7 Å². The van der Waals surface area contributed by atoms with Crippen LogP contribution in [0.5, 0.6) is 5.75 Å². The third-order valence-electron chi connectivity index (χ3n) is 5.55. The smallest absolute Gasteiger partial charge is 0.341 e. The molecular weight excluding hydrogens is 396 g/mol. The third-order valence-corrected chi connectivity index (χ3v) is 5.55. The molecule has 0 radical (unpaired) electrons. The van der Waals surface area contributed by atoms with E-state index in [-0.39, 0.29) is 6.04 Å². The first-order valence-corrected chi connectivity index (χ1v) is 10.6. The molecule has 0 aliphatic carbocycles. The number of ether oxygens (including phenoxy) is 2. The van der Waals surface area contributed by atoms with Gasteiger partial charge < -0.3 is 24.5 Å². The van der Waals surface area contributed by atoms with Crippen LogP contribution in [0.3, 0.4) is 0 Å². The van der Waals surface area contributed by atoms with Crippen molar-refractivity contribution in [1.82, 2.24) is 15.5 Å². The van der Waals surface area contributed by atoms with Crippen LogP contribution in [0.25, 0.3) is 0 Å². The van der Waals surface area contributed by atoms with Gasteiger partial charge in [-0.2, -0.15) is 0 Å². The summed E-state index contributed by atoms with van der Waals surface area (Å²) < 4.78 is 15.9. The van der Waals surface area contributed by atoms with Crippen LogP contribution in [0.2, 0.25) is 0 Å². The molecule has 8 nitrogen and oxygen atoms in total. The molecule has 2 N–H and O–H groups in total. The zero-order valence-electron chi connectivity index (χ0n) is 18.7. The molecule has 0 saturated carbocycles. The first-order valence-electron chi connectivity index (χ1n) is 10.6. The number of carbonyl (C=O) groups is 1. The van der Waals surface area contributed by atoms with Crippen molar-refractivity contribution in [2.45, 2.75) is 32.4 Å². The molecule has 1 aromatic carbocycles. The molecule has 1 unspecified atom stereocenters. The average molecular weight is 429 g/mol. The van der Waals surface area contributed by atoms with Crippen LogP contribution in [0.4, 0.5) is 0 Å². The van der Waals surface area contributed by atoms with Crippen LogP contribution in [0, 0.1) is 6.92 Å². The largest absolute Gasteiger partial charge is 0.497 e. The fourth-order valence-electron chi connectivity index (χ4n) is 3.89. The predicted octanol–water partition coefficient (Wildman–Crippen LogP) is 2.89. The minimum atomic E-state index is -0.401. The zero-order valence-corrected chi connectivity index (χ0v) is 18.7. The van der Waals surface area contributed by atoms with Crippen LogP contribution >= 0.6 is 0 Å². The van der Waals surface area contributed by atoms with E-state index in [1.807, 2.05) is 12.1 Å². The van der Waals surface area contributed by atoms with Crippen molar-refractivity contribution in [2.75, 3.05) is 40.9 Å². The number of nitrogens with zero attached hydrogens (tertiary/aromatic N) is 2. The molecule has 8 heteroatoms. The van der Waals surface area contributed by atoms with Gasteiger partial charge in [-0.3, -0.25) is 9.89 Å². The minimum Gasteiger partial charge on any atom is -0.497 e. The molecule has 168 valence electrons. The lowest BCUT2D eigenvalue weighted by molar-refractivity contribution is 0.0599. The van der Waals surface area contributed by atoms with E-state index >= 15 is 0 Å². The number of aliphatic imine (C=N–C) groups is 1. The van der Waals surface area contributed by atoms with Gasteiger partial charge in [0.25, 0.3) is 0 Å². The Morgan fingerprint density at radius 3 is 2.68 bits per heavy atom. The molecule has 1 atom stereocenters. The first kappa shape index (κ1) is 22.7. The number of esters is 1. The van der Waals surface area contributed by atoms with E-state index in [1.165, 1.54) is 25.5 Å². The molecule has 0 spiro atoms. The molecule has 31 heavy (non-hydrogen) atoms. The van der Waals surface area contributed by atoms with E-state index in [1.54, 1.807) is 27.1 Å². The summed E-state index contributed by atoms with van der Waals surface area (Å²) in [5.74, 6) is 2.31. The highest BCUT2D eigenvalue weighted by Gasteiger charge is 2.24. The van der Waals surface area contributed by atoms with E-state index < -0.39 is 5.97 Å². The van der Waals surface area contributed by atoms with Gasteiger partial charge in [-0.1, -0.05) is 12.1 Å². The molecule has 1 aliphatic rings. The number of methoxy groups -OCH3 is 2. The number of hydrogen-bond acceptors (Lipinski definition) is 6. The Balaban J connectivity index is 1.63. The number of likely N-dealkylation sites (tertiary alicyclic amines) is 1. The maximum Gasteiger partial charge on any atom is 0.341 e. The van der Waals surface area contributed by atoms with E-state index in [0.717, 1.165) is 18.8 Å². The van der Waals surface area contributed by atoms with Gasteiger partial charge in [0.05, 0.1) is 26.8 Å². The van der Waals surface area contributed by atoms with Gasteiger partial charge in [0.2, 0.25) is 0 Å². The SMILES string of the molecule is CN=C(NCc1cc(C(=O)OC)c(C)o1)NCC(c1cccc(OC)c1)N1CCCC1. The maximum atomic E-state index is 11.8. The average Bonchev–Trinajstić information content (AvgIpc) is 3.45. The first-order chi connectivity index (χ1) is 15.0. The van der Waals surface area contributed by atoms with Crippen LogP contribution in [0.15, 0.2) is 39.7 Å². The van der Waals surface area contributed by atoms with E-state index in [4.69, 9.17) is 13.9 Å². The summed E-state index contributed by atoms with van der Waals surface area (Å²) in [5, 5.41) is 6.68. The summed E-state index contributed by atoms with van der Waals surface area (Å²) in [6.07, 6.45) is 2.43. The van der Waals surface area contributed by atoms with Crippen molar-refractivity contribution in [1.29, 1.82) is 0 Å². The lowest BCUT2D eigenvalue weighted by Crippen LogP contribution is -2.42. The lowest BCUT2D eigenvalue weighted by atomic mass is 10.1. The van der Waals surface area contributed by atoms with Crippen molar-refractivity contribution >= 4 is 11.9 Å². The fraction of sp³-hybridized carbons (Fsp3) is 0.478. The number of furan rings is 1. The number of nitrogens with one attached hydrogen (secondary N) is 2. The Morgan fingerprint density at radius 2 is 2.00 bits per heavy atom. The summed E-state index contributed by atoms with van der Waals surface area (Å²) in [4.78, 5) is 18.6. The van der Waals surface area contributed by atoms with Gasteiger partial charge in [0.1, 0.15) is 22.8 Å². The van der Waals surface area contributed by atoms with Crippen LogP contribution in [-0.4, -0.2) is 57.7 Å². The van der Waals surface area contributed by atoms with Crippen molar-refractivity contribution in [3.63, 3.8) is 0 Å². The highest BCUT2D eigenvalue weighted by molar-refractivity contribution is 5.90. The zero-order chi connectivity index (χ0) is 22.2. The van der Waals surface area contributed by atoms with Gasteiger partial charge in [-0.15, -0.1) is 0 Å². The second kappa shape index (κ2) is 10.9. The van der Waals surface area contributed by atoms with Crippen LogP contribution < -0.4 is 15.4 Å². The Morgan fingerprint density at radius 1 is 1.23 bits per heavy atom. The van der Waals surface area contributed by atoms with Gasteiger partial charge in [0.15, 0.2) is 5.96 Å². The Bertz CT molecular complexity index is 903. The number of carbonyl (C=O) groups excluding carboxylic acids is 1. The van der Waals surface area contributed by atoms with Crippen molar-refractivity contribution in [3.8, 4) is 5.75 Å². The summed E-state index contributed by atoms with van der Waals surface area (Å²) in [7, 11) is 4.78. The summed E-state index contributed by atoms with van der Waals surface area (Å²) in [6.45, 7) is 5.02. The molecule has 1 fully saturated rings. The lowest BCUT2D eigenvalue weighted by Gasteiger charge is -2.29. The fourth-order valence-corrected chi connectivity index (χ4v) is 3.89. The molecule has 1 saturated heterocycles. The van der Waals surface area contributed by atoms with Crippen LogP contribution in [-0.2, 0) is 11.3 Å². The molecule has 1 aliphatic heterocycles. The quantitative estimate of drug-likeness (QED) is 0.380. The second-order valence-corrected chi connectivity index (χ2v) is 7.52. The highest BCUT2D eigenvalue weighted by atomic mass is 16.5. The van der Waals surface area contributed by atoms with Gasteiger partial charge in [0, 0.05) is 13.6 Å². The van der Waals surface area contributed by atoms with E-state index in [9.17, 15) is 4.79 Å². The maximum absolute atomic E-state index is 11.8. The van der Waals surface area contributed by atoms with E-state index in [2.05, 4.69) is 32.7 Å². The summed E-state index contributed by atoms with van der Waals surface area (Å²) in [5.41, 5.74) is 1.66. The Kier molecular flexibility index (Phi) is 7.94. The molecule has 0 amide bonds. The second-order valence-electron chi connectivity index (χ2n) is 7.52. The highest BCUT2D eigenvalue weighted by Crippen LogP contribution is 2.27. The number of aryl methyl sites for hydroxylation is 1. The van der Waals surface area contributed by atoms with E-state index in [0.29, 0.717) is 36.1 Å². The minimum absolute atomic E-state index is 0.216. The van der Waals surface area contributed by atoms with Crippen molar-refractivity contribution in [2.24, 2.45) is 4.99 Å². The Hall–Kier alpha value is -3.00. The van der Waals surface area contributed by atoms with Gasteiger partial charge >= 0.3 is 5.97 Å². The monoisotopic (exact) mass is 428 g/mol. The summed E-state index contributed by atoms with van der Waals surface area (Å²) >= 11 is 0. The Labute approximate surface area is 183 Å². The molecule has 2 heterocycles. The van der Waals surface area contributed by atoms with Gasteiger partial charge in [-0.05, 0) is 56.6 Å². The third kappa shape index (κ3) is 5.79. The number of rotatable bonds is 8. The molecular formula is C23H32N4O4. The van der Waals surface area contributed by atoms with Crippen LogP contribution in [0.1, 0.15) is 46.3 Å². The molecule has 3 rings (SSSR count). The normalized spacial score (nSPS) is 15.5. The number of guanidine groups is 1. The standard InChI is InChI=1S/C23H32N4O4/c1-16-20(22(28)30-4)13-19(31-16)14-25-23(24-2)26-15-21(27-10-5-6-11-27)17-8-7-9-18(12-17)29-3/h7-9,12-13,21H,5-6,10-11,14-15H2,1-4H3,(H2,24,25,26). The predicted molar refractivity (Wildman–Crippen MR) is 120 cm³/mol. The molecule has 1 aromatic heterocycles.